The predicted octanol–water partition coefficient (Wildman–Crippen LogP) is 29.2. The van der Waals surface area contributed by atoms with Crippen LogP contribution in [0.2, 0.25) is 0 Å². The van der Waals surface area contributed by atoms with Gasteiger partial charge in [-0.2, -0.15) is 0 Å². The second kappa shape index (κ2) is 24.0. The van der Waals surface area contributed by atoms with Crippen LogP contribution in [0, 0.1) is 0 Å². The average molecular weight is 1360 g/mol. The van der Waals surface area contributed by atoms with Crippen LogP contribution in [0.3, 0.4) is 0 Å². The second-order valence-corrected chi connectivity index (χ2v) is 35.2. The van der Waals surface area contributed by atoms with Gasteiger partial charge < -0.3 is 14.2 Å². The van der Waals surface area contributed by atoms with Gasteiger partial charge in [0, 0.05) is 64.7 Å². The molecule has 0 N–H and O–H groups in total. The summed E-state index contributed by atoms with van der Waals surface area (Å²) in [5.74, 6) is -0.255. The first-order valence-electron chi connectivity index (χ1n) is 36.8. The lowest BCUT2D eigenvalue weighted by molar-refractivity contribution is 0.568. The first-order valence-corrected chi connectivity index (χ1v) is 37.6. The van der Waals surface area contributed by atoms with Crippen molar-refractivity contribution >= 4 is 87.6 Å². The Morgan fingerprint density at radius 1 is 0.282 bits per heavy atom. The van der Waals surface area contributed by atoms with Gasteiger partial charge in [0.1, 0.15) is 11.2 Å². The average Bonchev–Trinajstić information content (AvgIpc) is 1.29. The molecule has 2 aliphatic rings. The van der Waals surface area contributed by atoms with Crippen LogP contribution in [0.25, 0.3) is 109 Å². The van der Waals surface area contributed by atoms with Crippen LogP contribution >= 0.6 is 11.3 Å². The van der Waals surface area contributed by atoms with Gasteiger partial charge in [0.15, 0.2) is 0 Å². The number of thiophene rings is 1. The quantitative estimate of drug-likeness (QED) is 0.151. The van der Waals surface area contributed by atoms with Crippen LogP contribution in [-0.4, -0.2) is 0 Å². The Bertz CT molecular complexity index is 5810. The molecular weight excluding hydrogens is 1270 g/mol. The van der Waals surface area contributed by atoms with E-state index in [1.165, 1.54) is 104 Å². The fourth-order valence-electron chi connectivity index (χ4n) is 16.3. The Balaban J connectivity index is 1.10. The third-order valence-corrected chi connectivity index (χ3v) is 23.1. The minimum absolute atomic E-state index is 0.101. The van der Waals surface area contributed by atoms with E-state index >= 15 is 0 Å². The Morgan fingerprint density at radius 3 is 1.21 bits per heavy atom. The number of anilines is 6. The highest BCUT2D eigenvalue weighted by Gasteiger charge is 2.45. The molecule has 0 saturated carbocycles. The number of benzene rings is 13. The second-order valence-electron chi connectivity index (χ2n) is 34.1. The van der Waals surface area contributed by atoms with E-state index in [0.717, 1.165) is 83.9 Å². The van der Waals surface area contributed by atoms with Crippen molar-refractivity contribution in [2.75, 3.05) is 9.80 Å². The molecular formula is C99H90N2OS. The molecule has 0 saturated heterocycles. The highest BCUT2D eigenvalue weighted by Crippen LogP contribution is 2.66. The smallest absolute Gasteiger partial charge is 0.136 e. The van der Waals surface area contributed by atoms with Crippen molar-refractivity contribution in [3.8, 4) is 66.8 Å². The standard InChI is InChI=1S/C99H90N2OS/c1-95(2,3)68-48-66(49-69(54-68)96(4,5)6)64-45-47-79-78(52-64)89-73-46-44-65(67-50-70(97(7,8)9)55-71(51-67)98(10,11)12)53-80(73)101(94-77(61-34-22-17-23-35-61)59-86-91(75-41-29-31-43-85(75)103-86)88(94)63-38-26-19-27-39-63)82-57-72(99(13,14)15)56-81(92(82)89)100(79)93-76(60-32-20-16-21-33-60)58-84-90(74-40-28-30-42-83(74)102-84)87(93)62-36-24-18-25-37-62/h16-59,89H,1-15H3. The maximum Gasteiger partial charge on any atom is 0.136 e. The van der Waals surface area contributed by atoms with E-state index in [-0.39, 0.29) is 33.0 Å². The molecule has 0 bridgehead atoms. The number of rotatable bonds is 8. The largest absolute Gasteiger partial charge is 0.456 e. The van der Waals surface area contributed by atoms with Gasteiger partial charge in [0.25, 0.3) is 0 Å². The molecule has 2 aliphatic heterocycles. The summed E-state index contributed by atoms with van der Waals surface area (Å²) >= 11 is 1.90. The van der Waals surface area contributed by atoms with Crippen molar-refractivity contribution in [3.05, 3.63) is 311 Å². The van der Waals surface area contributed by atoms with Crippen molar-refractivity contribution < 1.29 is 4.42 Å². The summed E-state index contributed by atoms with van der Waals surface area (Å²) < 4.78 is 9.65. The Labute approximate surface area is 612 Å². The van der Waals surface area contributed by atoms with Gasteiger partial charge in [-0.1, -0.05) is 316 Å². The normalized spacial score (nSPS) is 14.0. The van der Waals surface area contributed by atoms with Gasteiger partial charge in [0.2, 0.25) is 0 Å². The molecule has 0 amide bonds. The van der Waals surface area contributed by atoms with Crippen molar-refractivity contribution in [2.24, 2.45) is 0 Å². The third kappa shape index (κ3) is 11.2. The molecule has 4 heteroatoms. The van der Waals surface area contributed by atoms with E-state index in [1.807, 2.05) is 11.3 Å². The molecule has 1 atom stereocenters. The van der Waals surface area contributed by atoms with E-state index in [0.29, 0.717) is 0 Å². The Kier molecular flexibility index (Phi) is 15.4. The van der Waals surface area contributed by atoms with Crippen LogP contribution < -0.4 is 9.80 Å². The van der Waals surface area contributed by atoms with Crippen LogP contribution in [-0.2, 0) is 27.1 Å². The monoisotopic (exact) mass is 1350 g/mol. The number of hydrogen-bond donors (Lipinski definition) is 0. The first kappa shape index (κ1) is 65.8. The molecule has 1 unspecified atom stereocenters. The summed E-state index contributed by atoms with van der Waals surface area (Å²) in [6.07, 6.45) is 0. The summed E-state index contributed by atoms with van der Waals surface area (Å²) in [7, 11) is 0. The van der Waals surface area contributed by atoms with Crippen molar-refractivity contribution in [2.45, 2.75) is 137 Å². The van der Waals surface area contributed by atoms with Gasteiger partial charge >= 0.3 is 0 Å². The van der Waals surface area contributed by atoms with Gasteiger partial charge in [-0.15, -0.1) is 11.3 Å². The van der Waals surface area contributed by atoms with Crippen molar-refractivity contribution in [1.29, 1.82) is 0 Å². The summed E-state index contributed by atoms with van der Waals surface area (Å²) in [4.78, 5) is 5.49. The zero-order chi connectivity index (χ0) is 71.4. The molecule has 508 valence electrons. The van der Waals surface area contributed by atoms with E-state index < -0.39 is 0 Å². The minimum atomic E-state index is -0.336. The Morgan fingerprint density at radius 2 is 0.699 bits per heavy atom. The number of hydrogen-bond acceptors (Lipinski definition) is 4. The summed E-state index contributed by atoms with van der Waals surface area (Å²) in [5.41, 5.74) is 32.1. The molecule has 0 radical (unpaired) electrons. The van der Waals surface area contributed by atoms with Gasteiger partial charge in [-0.25, -0.2) is 0 Å². The minimum Gasteiger partial charge on any atom is -0.456 e. The molecule has 15 aromatic rings. The van der Waals surface area contributed by atoms with E-state index in [2.05, 4.69) is 381 Å². The maximum atomic E-state index is 7.13. The van der Waals surface area contributed by atoms with Gasteiger partial charge in [-0.05, 0) is 165 Å². The fourth-order valence-corrected chi connectivity index (χ4v) is 17.4. The SMILES string of the molecule is CC(C)(C)c1cc(-c2ccc3c(c2)C2c4ccc(-c5cc(C(C)(C)C)cc(C(C)(C)C)c5)cc4N(c4c(-c5ccccc5)cc5sc6ccccc6c5c4-c4ccccc4)c4cc(C(C)(C)C)cc(c42)N3c2c(-c3ccccc3)cc3oc4ccccc4c3c2-c2ccccc2)cc(C(C)(C)C)c1. The van der Waals surface area contributed by atoms with Gasteiger partial charge in [-0.3, -0.25) is 0 Å². The van der Waals surface area contributed by atoms with E-state index in [9.17, 15) is 0 Å². The maximum absolute atomic E-state index is 7.13. The fraction of sp³-hybridized carbons (Fsp3) is 0.212. The molecule has 0 aliphatic carbocycles. The van der Waals surface area contributed by atoms with Crippen molar-refractivity contribution in [1.82, 2.24) is 0 Å². The lowest BCUT2D eigenvalue weighted by Crippen LogP contribution is -2.31. The molecule has 13 aromatic carbocycles. The van der Waals surface area contributed by atoms with Gasteiger partial charge in [0.05, 0.1) is 34.1 Å². The molecule has 17 rings (SSSR count). The highest BCUT2D eigenvalue weighted by molar-refractivity contribution is 7.26. The van der Waals surface area contributed by atoms with Crippen LogP contribution in [0.1, 0.15) is 154 Å². The number of fused-ring (bicyclic) bond motifs is 10. The molecule has 103 heavy (non-hydrogen) atoms. The topological polar surface area (TPSA) is 19.6 Å². The summed E-state index contributed by atoms with van der Waals surface area (Å²) in [6, 6.07) is 103. The molecule has 4 heterocycles. The van der Waals surface area contributed by atoms with Crippen LogP contribution in [0.4, 0.5) is 34.1 Å². The summed E-state index contributed by atoms with van der Waals surface area (Å²) in [5, 5.41) is 4.69. The molecule has 0 spiro atoms. The number of para-hydroxylation sites is 1. The first-order chi connectivity index (χ1) is 49.2. The number of furan rings is 1. The Hall–Kier alpha value is -10.5. The highest BCUT2D eigenvalue weighted by atomic mass is 32.1. The van der Waals surface area contributed by atoms with E-state index in [4.69, 9.17) is 4.42 Å². The lowest BCUT2D eigenvalue weighted by atomic mass is 9.72. The van der Waals surface area contributed by atoms with Crippen LogP contribution in [0.5, 0.6) is 0 Å². The zero-order valence-corrected chi connectivity index (χ0v) is 63.0. The van der Waals surface area contributed by atoms with Crippen molar-refractivity contribution in [3.63, 3.8) is 0 Å². The molecule has 0 fully saturated rings. The summed E-state index contributed by atoms with van der Waals surface area (Å²) in [6.45, 7) is 35.5. The zero-order valence-electron chi connectivity index (χ0n) is 62.2. The van der Waals surface area contributed by atoms with E-state index in [1.54, 1.807) is 0 Å². The predicted molar refractivity (Wildman–Crippen MR) is 443 cm³/mol. The lowest BCUT2D eigenvalue weighted by Gasteiger charge is -2.47. The van der Waals surface area contributed by atoms with Crippen LogP contribution in [0.15, 0.2) is 271 Å². The number of nitrogens with zero attached hydrogens (tertiary/aromatic N) is 2. The third-order valence-electron chi connectivity index (χ3n) is 22.0. The molecule has 2 aromatic heterocycles. The molecule has 3 nitrogen and oxygen atoms in total.